The molecule has 36 heavy (non-hydrogen) atoms. The Labute approximate surface area is 206 Å². The molecule has 1 unspecified atom stereocenters. The molecule has 6 aromatic rings. The Bertz CT molecular complexity index is 2140. The maximum Gasteiger partial charge on any atom is 0.0999 e. The van der Waals surface area contributed by atoms with E-state index in [4.69, 9.17) is 0 Å². The summed E-state index contributed by atoms with van der Waals surface area (Å²) in [5.41, 5.74) is 11.1. The minimum Gasteiger partial charge on any atom is -0.332 e. The van der Waals surface area contributed by atoms with Crippen molar-refractivity contribution >= 4 is 55.0 Å². The standard InChI is InChI=1S/C32H16N4/c33-15-17-9-11-19-23-14-28-24(13-27(23)35-25-7-3-1-5-21(25)29(17)31(19)35)20-12-10-18(16-34)30-22-6-2-4-8-26(22)36(28)32(20)30/h1-14,29,31H/t29-,31?/m0/s1. The van der Waals surface area contributed by atoms with Gasteiger partial charge in [0.05, 0.1) is 46.0 Å². The average molecular weight is 457 g/mol. The van der Waals surface area contributed by atoms with Gasteiger partial charge < -0.3 is 9.30 Å². The first-order chi connectivity index (χ1) is 17.8. The summed E-state index contributed by atoms with van der Waals surface area (Å²) in [5, 5.41) is 24.3. The minimum atomic E-state index is 0.0537. The Kier molecular flexibility index (Phi) is 3.02. The van der Waals surface area contributed by atoms with Crippen LogP contribution in [-0.2, 0) is 0 Å². The molecule has 9 rings (SSSR count). The van der Waals surface area contributed by atoms with Crippen LogP contribution in [0.5, 0.6) is 0 Å². The fourth-order valence-corrected chi connectivity index (χ4v) is 7.18. The van der Waals surface area contributed by atoms with Gasteiger partial charge in [-0.3, -0.25) is 0 Å². The number of para-hydroxylation sites is 2. The molecule has 3 aliphatic rings. The number of rotatable bonds is 0. The topological polar surface area (TPSA) is 55.2 Å². The number of allylic oxidation sites excluding steroid dienone is 2. The van der Waals surface area contributed by atoms with E-state index in [1.54, 1.807) is 0 Å². The summed E-state index contributed by atoms with van der Waals surface area (Å²) in [6.45, 7) is 0. The van der Waals surface area contributed by atoms with Crippen molar-refractivity contribution in [3.05, 3.63) is 107 Å². The maximum absolute atomic E-state index is 9.93. The smallest absolute Gasteiger partial charge is 0.0999 e. The van der Waals surface area contributed by atoms with Gasteiger partial charge in [0.1, 0.15) is 0 Å². The van der Waals surface area contributed by atoms with Crippen molar-refractivity contribution in [2.45, 2.75) is 12.0 Å². The lowest BCUT2D eigenvalue weighted by atomic mass is 9.80. The number of hydrogen-bond acceptors (Lipinski definition) is 3. The first kappa shape index (κ1) is 18.3. The zero-order valence-corrected chi connectivity index (χ0v) is 19.0. The van der Waals surface area contributed by atoms with Crippen LogP contribution in [0.15, 0.2) is 90.5 Å². The fourth-order valence-electron chi connectivity index (χ4n) is 7.18. The second kappa shape index (κ2) is 5.95. The Morgan fingerprint density at radius 1 is 0.722 bits per heavy atom. The van der Waals surface area contributed by atoms with Crippen LogP contribution in [0.1, 0.15) is 22.6 Å². The van der Waals surface area contributed by atoms with E-state index in [-0.39, 0.29) is 12.0 Å². The van der Waals surface area contributed by atoms with Crippen molar-refractivity contribution in [1.82, 2.24) is 4.40 Å². The number of nitrogens with zero attached hydrogens (tertiary/aromatic N) is 4. The van der Waals surface area contributed by atoms with E-state index >= 15 is 0 Å². The van der Waals surface area contributed by atoms with Crippen molar-refractivity contribution in [2.75, 3.05) is 4.90 Å². The number of aromatic nitrogens is 1. The lowest BCUT2D eigenvalue weighted by Crippen LogP contribution is -2.28. The lowest BCUT2D eigenvalue weighted by molar-refractivity contribution is 0.758. The highest BCUT2D eigenvalue weighted by Crippen LogP contribution is 2.60. The number of benzene rings is 4. The minimum absolute atomic E-state index is 0.0537. The predicted molar refractivity (Wildman–Crippen MR) is 143 cm³/mol. The van der Waals surface area contributed by atoms with Gasteiger partial charge in [-0.2, -0.15) is 10.5 Å². The summed E-state index contributed by atoms with van der Waals surface area (Å²) < 4.78 is 2.34. The van der Waals surface area contributed by atoms with Crippen LogP contribution in [0, 0.1) is 22.7 Å². The van der Waals surface area contributed by atoms with E-state index < -0.39 is 0 Å². The summed E-state index contributed by atoms with van der Waals surface area (Å²) in [6.07, 6.45) is 4.16. The van der Waals surface area contributed by atoms with Gasteiger partial charge in [-0.1, -0.05) is 48.5 Å². The van der Waals surface area contributed by atoms with E-state index in [1.807, 2.05) is 18.2 Å². The predicted octanol–water partition coefficient (Wildman–Crippen LogP) is 7.17. The van der Waals surface area contributed by atoms with Crippen LogP contribution in [0.2, 0.25) is 0 Å². The van der Waals surface area contributed by atoms with Crippen LogP contribution < -0.4 is 4.90 Å². The van der Waals surface area contributed by atoms with Gasteiger partial charge in [0.15, 0.2) is 0 Å². The summed E-state index contributed by atoms with van der Waals surface area (Å²) in [7, 11) is 0. The van der Waals surface area contributed by atoms with Crippen LogP contribution in [0.3, 0.4) is 0 Å². The van der Waals surface area contributed by atoms with Crippen molar-refractivity contribution in [1.29, 1.82) is 10.5 Å². The van der Waals surface area contributed by atoms with Gasteiger partial charge in [-0.05, 0) is 47.5 Å². The van der Waals surface area contributed by atoms with Gasteiger partial charge in [0.25, 0.3) is 0 Å². The van der Waals surface area contributed by atoms with Gasteiger partial charge >= 0.3 is 0 Å². The van der Waals surface area contributed by atoms with Crippen molar-refractivity contribution in [3.63, 3.8) is 0 Å². The monoisotopic (exact) mass is 456 g/mol. The van der Waals surface area contributed by atoms with E-state index in [1.165, 1.54) is 38.8 Å². The number of anilines is 2. The summed E-state index contributed by atoms with van der Waals surface area (Å²) in [5.74, 6) is 0.0537. The molecule has 2 atom stereocenters. The summed E-state index contributed by atoms with van der Waals surface area (Å²) in [4.78, 5) is 2.44. The molecule has 0 spiro atoms. The number of hydrogen-bond donors (Lipinski definition) is 0. The summed E-state index contributed by atoms with van der Waals surface area (Å²) >= 11 is 0. The van der Waals surface area contributed by atoms with Gasteiger partial charge in [0, 0.05) is 44.3 Å². The Morgan fingerprint density at radius 3 is 2.47 bits per heavy atom. The van der Waals surface area contributed by atoms with Crippen molar-refractivity contribution in [2.24, 2.45) is 0 Å². The average Bonchev–Trinajstić information content (AvgIpc) is 3.64. The van der Waals surface area contributed by atoms with Gasteiger partial charge in [-0.15, -0.1) is 0 Å². The molecular weight excluding hydrogens is 440 g/mol. The third-order valence-electron chi connectivity index (χ3n) is 8.50. The lowest BCUT2D eigenvalue weighted by Gasteiger charge is -2.26. The fraction of sp³-hybridized carbons (Fsp3) is 0.0625. The van der Waals surface area contributed by atoms with Crippen LogP contribution in [0.25, 0.3) is 43.7 Å². The zero-order valence-electron chi connectivity index (χ0n) is 19.0. The molecule has 0 fully saturated rings. The molecule has 0 amide bonds. The van der Waals surface area contributed by atoms with Crippen LogP contribution in [0.4, 0.5) is 11.4 Å². The van der Waals surface area contributed by atoms with E-state index in [9.17, 15) is 10.5 Å². The second-order valence-corrected chi connectivity index (χ2v) is 9.94. The third kappa shape index (κ3) is 1.84. The molecule has 2 aliphatic heterocycles. The van der Waals surface area contributed by atoms with E-state index in [0.29, 0.717) is 5.56 Å². The molecule has 0 N–H and O–H groups in total. The molecule has 4 heteroatoms. The van der Waals surface area contributed by atoms with Gasteiger partial charge in [0.2, 0.25) is 0 Å². The molecule has 4 heterocycles. The number of nitriles is 2. The summed E-state index contributed by atoms with van der Waals surface area (Å²) in [6, 6.07) is 30.6. The van der Waals surface area contributed by atoms with E-state index in [0.717, 1.165) is 32.9 Å². The molecule has 4 aromatic carbocycles. The highest BCUT2D eigenvalue weighted by molar-refractivity contribution is 6.25. The van der Waals surface area contributed by atoms with Crippen LogP contribution >= 0.6 is 0 Å². The first-order valence-electron chi connectivity index (χ1n) is 12.2. The molecule has 2 aromatic heterocycles. The largest absolute Gasteiger partial charge is 0.332 e. The molecule has 0 saturated heterocycles. The van der Waals surface area contributed by atoms with Crippen LogP contribution in [-0.4, -0.2) is 10.4 Å². The Hall–Kier alpha value is -5.06. The number of fused-ring (bicyclic) bond motifs is 12. The quantitative estimate of drug-likeness (QED) is 0.243. The normalized spacial score (nSPS) is 19.3. The van der Waals surface area contributed by atoms with E-state index in [2.05, 4.69) is 88.2 Å². The molecule has 0 bridgehead atoms. The third-order valence-corrected chi connectivity index (χ3v) is 8.50. The molecule has 1 aliphatic carbocycles. The highest BCUT2D eigenvalue weighted by Gasteiger charge is 2.49. The SMILES string of the molecule is N#CC1=CC=C2c3cc4c(cc3N3c5ccccc5[C@H]1C23)c1ccc(C#N)c2c3ccccc3n4c12. The Morgan fingerprint density at radius 2 is 1.58 bits per heavy atom. The molecular formula is C32H16N4. The molecule has 164 valence electrons. The molecule has 0 saturated carbocycles. The molecule has 4 nitrogen and oxygen atoms in total. The van der Waals surface area contributed by atoms with Crippen molar-refractivity contribution in [3.8, 4) is 12.1 Å². The second-order valence-electron chi connectivity index (χ2n) is 9.94. The maximum atomic E-state index is 9.93. The Balaban J connectivity index is 1.46. The highest BCUT2D eigenvalue weighted by atomic mass is 15.2. The van der Waals surface area contributed by atoms with Gasteiger partial charge in [-0.25, -0.2) is 0 Å². The van der Waals surface area contributed by atoms with Crippen molar-refractivity contribution < 1.29 is 0 Å². The zero-order chi connectivity index (χ0) is 23.7. The molecule has 0 radical (unpaired) electrons. The first-order valence-corrected chi connectivity index (χ1v) is 12.2.